The second-order valence-corrected chi connectivity index (χ2v) is 22.7. The van der Waals surface area contributed by atoms with Gasteiger partial charge in [0.15, 0.2) is 6.10 Å². The number of allylic oxidation sites excluding steroid dienone is 14. The van der Waals surface area contributed by atoms with Crippen LogP contribution in [0.3, 0.4) is 0 Å². The van der Waals surface area contributed by atoms with Crippen molar-refractivity contribution < 1.29 is 28.6 Å². The third-order valence-electron chi connectivity index (χ3n) is 14.8. The minimum atomic E-state index is -0.787. The first kappa shape index (κ1) is 75.6. The summed E-state index contributed by atoms with van der Waals surface area (Å²) < 4.78 is 17.0. The first-order valence-corrected chi connectivity index (χ1v) is 34.1. The van der Waals surface area contributed by atoms with Gasteiger partial charge < -0.3 is 14.2 Å². The SMILES string of the molecule is CCCCC/C=C\C/C=C\CCCCCCCCCC(=O)OCC(COC(=O)CCCCCCCCCCCCCC/C=C\C/C=C\C/C=C\CCCCCCC)OC(=O)CCCCCCCCC/C=C\C/C=C\CCCCC. The molecule has 0 rings (SSSR count). The minimum absolute atomic E-state index is 0.0819. The van der Waals surface area contributed by atoms with Crippen molar-refractivity contribution in [2.24, 2.45) is 0 Å². The summed E-state index contributed by atoms with van der Waals surface area (Å²) in [6, 6.07) is 0. The number of rotatable bonds is 62. The molecule has 6 nitrogen and oxygen atoms in total. The normalized spacial score (nSPS) is 12.6. The zero-order valence-corrected chi connectivity index (χ0v) is 52.4. The van der Waals surface area contributed by atoms with Crippen LogP contribution in [0.2, 0.25) is 0 Å². The Morgan fingerprint density at radius 2 is 0.456 bits per heavy atom. The third kappa shape index (κ3) is 65.3. The van der Waals surface area contributed by atoms with Gasteiger partial charge in [-0.2, -0.15) is 0 Å². The number of esters is 3. The van der Waals surface area contributed by atoms with Crippen LogP contribution in [0.5, 0.6) is 0 Å². The molecular weight excluding hydrogens is 973 g/mol. The fraction of sp³-hybridized carbons (Fsp3) is 0.767. The molecule has 0 amide bonds. The Labute approximate surface area is 490 Å². The molecule has 0 radical (unpaired) electrons. The summed E-state index contributed by atoms with van der Waals surface area (Å²) in [5, 5.41) is 0. The van der Waals surface area contributed by atoms with Crippen molar-refractivity contribution in [2.75, 3.05) is 13.2 Å². The van der Waals surface area contributed by atoms with Crippen LogP contribution in [0, 0.1) is 0 Å². The third-order valence-corrected chi connectivity index (χ3v) is 14.8. The number of carbonyl (C=O) groups is 3. The number of carbonyl (C=O) groups excluding carboxylic acids is 3. The summed E-state index contributed by atoms with van der Waals surface area (Å²) in [5.74, 6) is -0.885. The molecule has 0 aromatic heterocycles. The predicted octanol–water partition coefficient (Wildman–Crippen LogP) is 23.4. The van der Waals surface area contributed by atoms with E-state index < -0.39 is 6.10 Å². The van der Waals surface area contributed by atoms with E-state index >= 15 is 0 Å². The molecule has 1 unspecified atom stereocenters. The smallest absolute Gasteiger partial charge is 0.306 e. The van der Waals surface area contributed by atoms with Crippen LogP contribution in [-0.4, -0.2) is 37.2 Å². The highest BCUT2D eigenvalue weighted by Crippen LogP contribution is 2.16. The predicted molar refractivity (Wildman–Crippen MR) is 344 cm³/mol. The van der Waals surface area contributed by atoms with Gasteiger partial charge in [0.1, 0.15) is 13.2 Å². The van der Waals surface area contributed by atoms with Crippen molar-refractivity contribution in [1.29, 1.82) is 0 Å². The average Bonchev–Trinajstić information content (AvgIpc) is 3.45. The molecule has 0 aliphatic carbocycles. The van der Waals surface area contributed by atoms with Gasteiger partial charge in [-0.3, -0.25) is 14.4 Å². The maximum Gasteiger partial charge on any atom is 0.306 e. The van der Waals surface area contributed by atoms with Gasteiger partial charge in [0.05, 0.1) is 0 Å². The minimum Gasteiger partial charge on any atom is -0.462 e. The molecular formula is C73H128O6. The van der Waals surface area contributed by atoms with Crippen molar-refractivity contribution >= 4 is 17.9 Å². The van der Waals surface area contributed by atoms with Crippen LogP contribution in [0.25, 0.3) is 0 Å². The van der Waals surface area contributed by atoms with E-state index in [1.165, 1.54) is 205 Å². The Morgan fingerprint density at radius 3 is 0.734 bits per heavy atom. The Morgan fingerprint density at radius 1 is 0.253 bits per heavy atom. The summed E-state index contributed by atoms with van der Waals surface area (Å²) in [7, 11) is 0. The monoisotopic (exact) mass is 1100 g/mol. The lowest BCUT2D eigenvalue weighted by Gasteiger charge is -2.18. The molecule has 0 saturated heterocycles. The first-order valence-electron chi connectivity index (χ1n) is 34.1. The molecule has 0 heterocycles. The van der Waals surface area contributed by atoms with Crippen molar-refractivity contribution in [3.8, 4) is 0 Å². The maximum absolute atomic E-state index is 12.9. The van der Waals surface area contributed by atoms with Crippen molar-refractivity contribution in [3.05, 3.63) is 85.1 Å². The van der Waals surface area contributed by atoms with E-state index in [9.17, 15) is 14.4 Å². The van der Waals surface area contributed by atoms with E-state index in [4.69, 9.17) is 14.2 Å². The zero-order valence-electron chi connectivity index (χ0n) is 52.4. The highest BCUT2D eigenvalue weighted by Gasteiger charge is 2.19. The van der Waals surface area contributed by atoms with Crippen LogP contribution in [0.4, 0.5) is 0 Å². The Hall–Kier alpha value is -3.41. The lowest BCUT2D eigenvalue weighted by Crippen LogP contribution is -2.30. The molecule has 0 fully saturated rings. The highest BCUT2D eigenvalue weighted by atomic mass is 16.6. The van der Waals surface area contributed by atoms with Crippen LogP contribution in [0.1, 0.15) is 342 Å². The van der Waals surface area contributed by atoms with Crippen molar-refractivity contribution in [3.63, 3.8) is 0 Å². The van der Waals surface area contributed by atoms with Crippen molar-refractivity contribution in [2.45, 2.75) is 348 Å². The topological polar surface area (TPSA) is 78.9 Å². The molecule has 0 saturated carbocycles. The Balaban J connectivity index is 4.33. The molecule has 79 heavy (non-hydrogen) atoms. The van der Waals surface area contributed by atoms with E-state index in [2.05, 4.69) is 106 Å². The van der Waals surface area contributed by atoms with Crippen molar-refractivity contribution in [1.82, 2.24) is 0 Å². The molecule has 0 aliphatic heterocycles. The molecule has 0 aliphatic rings. The van der Waals surface area contributed by atoms with E-state index in [0.29, 0.717) is 19.3 Å². The second kappa shape index (κ2) is 67.1. The van der Waals surface area contributed by atoms with Gasteiger partial charge in [-0.1, -0.05) is 286 Å². The molecule has 0 aromatic rings. The molecule has 6 heteroatoms. The fourth-order valence-corrected chi connectivity index (χ4v) is 9.69. The van der Waals surface area contributed by atoms with Crippen LogP contribution in [-0.2, 0) is 28.6 Å². The molecule has 0 N–H and O–H groups in total. The largest absolute Gasteiger partial charge is 0.462 e. The van der Waals surface area contributed by atoms with Gasteiger partial charge in [-0.25, -0.2) is 0 Å². The highest BCUT2D eigenvalue weighted by molar-refractivity contribution is 5.71. The van der Waals surface area contributed by atoms with Gasteiger partial charge in [0.25, 0.3) is 0 Å². The summed E-state index contributed by atoms with van der Waals surface area (Å²) in [4.78, 5) is 38.4. The molecule has 456 valence electrons. The molecule has 0 aromatic carbocycles. The quantitative estimate of drug-likeness (QED) is 0.0261. The Kier molecular flexibility index (Phi) is 64.2. The first-order chi connectivity index (χ1) is 39.0. The fourth-order valence-electron chi connectivity index (χ4n) is 9.69. The summed E-state index contributed by atoms with van der Waals surface area (Å²) in [5.41, 5.74) is 0. The van der Waals surface area contributed by atoms with Crippen LogP contribution >= 0.6 is 0 Å². The maximum atomic E-state index is 12.9. The molecule has 0 bridgehead atoms. The Bertz CT molecular complexity index is 1500. The average molecular weight is 1100 g/mol. The lowest BCUT2D eigenvalue weighted by atomic mass is 10.0. The van der Waals surface area contributed by atoms with E-state index in [1.807, 2.05) is 0 Å². The standard InChI is InChI=1S/C73H128O6/c1-4-7-10-13-16-19-22-25-28-31-32-33-34-35-36-37-38-39-40-43-45-48-51-54-57-60-63-66-72(75)78-69-70(79-73(76)67-64-61-58-55-52-49-46-42-30-27-24-21-18-15-12-9-6-3)68-77-71(74)65-62-59-56-53-50-47-44-41-29-26-23-20-17-14-11-8-5-2/h17-18,20-22,25-27,29-32,34-35,70H,4-16,19,23-24,28,33,36-69H2,1-3H3/b20-17-,21-18-,25-22-,29-26-,30-27-,32-31-,35-34-. The summed E-state index contributed by atoms with van der Waals surface area (Å²) in [6.07, 6.45) is 88.7. The molecule has 1 atom stereocenters. The summed E-state index contributed by atoms with van der Waals surface area (Å²) in [6.45, 7) is 6.60. The van der Waals surface area contributed by atoms with Gasteiger partial charge in [-0.05, 0) is 122 Å². The van der Waals surface area contributed by atoms with Gasteiger partial charge in [0.2, 0.25) is 0 Å². The summed E-state index contributed by atoms with van der Waals surface area (Å²) >= 11 is 0. The van der Waals surface area contributed by atoms with Gasteiger partial charge in [-0.15, -0.1) is 0 Å². The van der Waals surface area contributed by atoms with E-state index in [-0.39, 0.29) is 31.1 Å². The van der Waals surface area contributed by atoms with E-state index in [1.54, 1.807) is 0 Å². The van der Waals surface area contributed by atoms with Gasteiger partial charge in [0, 0.05) is 19.3 Å². The molecule has 0 spiro atoms. The van der Waals surface area contributed by atoms with Gasteiger partial charge >= 0.3 is 17.9 Å². The van der Waals surface area contributed by atoms with Crippen LogP contribution in [0.15, 0.2) is 85.1 Å². The zero-order chi connectivity index (χ0) is 57.1. The number of hydrogen-bond donors (Lipinski definition) is 0. The number of unbranched alkanes of at least 4 members (excludes halogenated alkanes) is 37. The lowest BCUT2D eigenvalue weighted by molar-refractivity contribution is -0.167. The number of ether oxygens (including phenoxy) is 3. The van der Waals surface area contributed by atoms with E-state index in [0.717, 1.165) is 96.3 Å². The van der Waals surface area contributed by atoms with Crippen LogP contribution < -0.4 is 0 Å². The number of hydrogen-bond acceptors (Lipinski definition) is 6. The second-order valence-electron chi connectivity index (χ2n) is 22.7.